The third kappa shape index (κ3) is 2.87. The summed E-state index contributed by atoms with van der Waals surface area (Å²) in [5.74, 6) is 2.67. The Labute approximate surface area is 90.5 Å². The van der Waals surface area contributed by atoms with E-state index >= 15 is 0 Å². The number of thiophene rings is 1. The van der Waals surface area contributed by atoms with Gasteiger partial charge in [-0.1, -0.05) is 0 Å². The number of aryl methyl sites for hydroxylation is 1. The van der Waals surface area contributed by atoms with Crippen LogP contribution in [-0.4, -0.2) is 6.04 Å². The van der Waals surface area contributed by atoms with Gasteiger partial charge in [-0.15, -0.1) is 23.7 Å². The summed E-state index contributed by atoms with van der Waals surface area (Å²) in [6.45, 7) is 6.46. The summed E-state index contributed by atoms with van der Waals surface area (Å²) in [6, 6.07) is 2.94. The van der Waals surface area contributed by atoms with Gasteiger partial charge in [0.25, 0.3) is 0 Å². The Bertz CT molecular complexity index is 321. The molecule has 2 heteroatoms. The molecule has 2 unspecified atom stereocenters. The number of hydrogen-bond acceptors (Lipinski definition) is 2. The van der Waals surface area contributed by atoms with Crippen LogP contribution in [0.4, 0.5) is 0 Å². The molecule has 14 heavy (non-hydrogen) atoms. The molecule has 2 atom stereocenters. The summed E-state index contributed by atoms with van der Waals surface area (Å²) in [7, 11) is 0. The topological polar surface area (TPSA) is 12.0 Å². The van der Waals surface area contributed by atoms with E-state index < -0.39 is 0 Å². The fourth-order valence-electron chi connectivity index (χ4n) is 1.57. The van der Waals surface area contributed by atoms with Gasteiger partial charge in [0.1, 0.15) is 0 Å². The van der Waals surface area contributed by atoms with Crippen LogP contribution >= 0.6 is 11.3 Å². The minimum absolute atomic E-state index is 0.386. The molecule has 0 fully saturated rings. The lowest BCUT2D eigenvalue weighted by molar-refractivity contribution is 0.490. The van der Waals surface area contributed by atoms with Crippen molar-refractivity contribution in [2.45, 2.75) is 39.3 Å². The molecule has 0 saturated carbocycles. The van der Waals surface area contributed by atoms with Crippen LogP contribution in [0.1, 0.15) is 36.8 Å². The first-order valence-electron chi connectivity index (χ1n) is 4.88. The van der Waals surface area contributed by atoms with E-state index in [4.69, 9.17) is 6.42 Å². The molecule has 1 heterocycles. The van der Waals surface area contributed by atoms with E-state index in [-0.39, 0.29) is 0 Å². The zero-order chi connectivity index (χ0) is 10.6. The normalized spacial score (nSPS) is 14.7. The average molecular weight is 207 g/mol. The number of terminal acetylenes is 1. The highest BCUT2D eigenvalue weighted by Gasteiger charge is 2.11. The van der Waals surface area contributed by atoms with E-state index in [2.05, 4.69) is 43.5 Å². The molecule has 76 valence electrons. The quantitative estimate of drug-likeness (QED) is 0.748. The van der Waals surface area contributed by atoms with E-state index in [1.807, 2.05) is 0 Å². The van der Waals surface area contributed by atoms with E-state index in [9.17, 15) is 0 Å². The van der Waals surface area contributed by atoms with Crippen molar-refractivity contribution in [1.29, 1.82) is 0 Å². The van der Waals surface area contributed by atoms with Crippen molar-refractivity contribution < 1.29 is 0 Å². The standard InChI is InChI=1S/C12H17NS/c1-5-6-10(3)13-11(4)12-9(2)7-8-14-12/h1,7-8,10-11,13H,6H2,2-4H3. The van der Waals surface area contributed by atoms with Crippen LogP contribution in [0.15, 0.2) is 11.4 Å². The van der Waals surface area contributed by atoms with Crippen LogP contribution in [0.5, 0.6) is 0 Å². The Balaban J connectivity index is 2.55. The van der Waals surface area contributed by atoms with Gasteiger partial charge in [-0.25, -0.2) is 0 Å². The fraction of sp³-hybridized carbons (Fsp3) is 0.500. The average Bonchev–Trinajstić information content (AvgIpc) is 2.51. The summed E-state index contributed by atoms with van der Waals surface area (Å²) in [4.78, 5) is 1.41. The molecule has 0 amide bonds. The SMILES string of the molecule is C#CCC(C)NC(C)c1sccc1C. The highest BCUT2D eigenvalue weighted by molar-refractivity contribution is 7.10. The molecule has 1 aromatic rings. The van der Waals surface area contributed by atoms with Gasteiger partial charge in [0.15, 0.2) is 0 Å². The van der Waals surface area contributed by atoms with Gasteiger partial charge in [-0.3, -0.25) is 0 Å². The second kappa shape index (κ2) is 5.19. The lowest BCUT2D eigenvalue weighted by Gasteiger charge is -2.18. The first kappa shape index (κ1) is 11.3. The van der Waals surface area contributed by atoms with Crippen LogP contribution in [0.2, 0.25) is 0 Å². The Hall–Kier alpha value is -0.780. The van der Waals surface area contributed by atoms with E-state index in [0.29, 0.717) is 12.1 Å². The van der Waals surface area contributed by atoms with Crippen molar-refractivity contribution in [3.8, 4) is 12.3 Å². The van der Waals surface area contributed by atoms with Gasteiger partial charge in [-0.2, -0.15) is 0 Å². The Morgan fingerprint density at radius 1 is 1.57 bits per heavy atom. The van der Waals surface area contributed by atoms with Crippen LogP contribution in [-0.2, 0) is 0 Å². The number of hydrogen-bond donors (Lipinski definition) is 1. The molecule has 1 aromatic heterocycles. The second-order valence-corrected chi connectivity index (χ2v) is 4.61. The first-order valence-corrected chi connectivity index (χ1v) is 5.76. The van der Waals surface area contributed by atoms with Crippen molar-refractivity contribution in [2.24, 2.45) is 0 Å². The molecule has 0 aliphatic heterocycles. The summed E-state index contributed by atoms with van der Waals surface area (Å²) < 4.78 is 0. The van der Waals surface area contributed by atoms with Crippen molar-refractivity contribution in [1.82, 2.24) is 5.32 Å². The van der Waals surface area contributed by atoms with Crippen molar-refractivity contribution in [3.05, 3.63) is 21.9 Å². The molecule has 1 N–H and O–H groups in total. The molecule has 0 aliphatic rings. The highest BCUT2D eigenvalue weighted by atomic mass is 32.1. The maximum atomic E-state index is 5.27. The van der Waals surface area contributed by atoms with E-state index in [1.165, 1.54) is 10.4 Å². The predicted molar refractivity (Wildman–Crippen MR) is 63.5 cm³/mol. The molecular weight excluding hydrogens is 190 g/mol. The zero-order valence-corrected chi connectivity index (χ0v) is 9.82. The minimum Gasteiger partial charge on any atom is -0.306 e. The third-order valence-corrected chi connectivity index (χ3v) is 3.46. The molecule has 0 radical (unpaired) electrons. The first-order chi connectivity index (χ1) is 6.65. The van der Waals surface area contributed by atoms with Gasteiger partial charge in [-0.05, 0) is 37.8 Å². The molecule has 0 bridgehead atoms. The Morgan fingerprint density at radius 3 is 2.79 bits per heavy atom. The summed E-state index contributed by atoms with van der Waals surface area (Å²) >= 11 is 1.80. The second-order valence-electron chi connectivity index (χ2n) is 3.67. The predicted octanol–water partition coefficient (Wildman–Crippen LogP) is 3.12. The lowest BCUT2D eigenvalue weighted by atomic mass is 10.1. The van der Waals surface area contributed by atoms with Gasteiger partial charge >= 0.3 is 0 Å². The zero-order valence-electron chi connectivity index (χ0n) is 9.00. The largest absolute Gasteiger partial charge is 0.306 e. The van der Waals surface area contributed by atoms with Crippen molar-refractivity contribution in [3.63, 3.8) is 0 Å². The fourth-order valence-corrected chi connectivity index (χ4v) is 2.51. The Morgan fingerprint density at radius 2 is 2.29 bits per heavy atom. The third-order valence-electron chi connectivity index (χ3n) is 2.25. The maximum Gasteiger partial charge on any atom is 0.0391 e. The maximum absolute atomic E-state index is 5.27. The lowest BCUT2D eigenvalue weighted by Crippen LogP contribution is -2.28. The smallest absolute Gasteiger partial charge is 0.0391 e. The Kier molecular flexibility index (Phi) is 4.19. The monoisotopic (exact) mass is 207 g/mol. The molecule has 0 aliphatic carbocycles. The van der Waals surface area contributed by atoms with Crippen LogP contribution in [0, 0.1) is 19.3 Å². The molecule has 0 aromatic carbocycles. The van der Waals surface area contributed by atoms with E-state index in [0.717, 1.165) is 6.42 Å². The van der Waals surface area contributed by atoms with Crippen molar-refractivity contribution >= 4 is 11.3 Å². The van der Waals surface area contributed by atoms with Gasteiger partial charge in [0.05, 0.1) is 0 Å². The number of nitrogens with one attached hydrogen (secondary N) is 1. The minimum atomic E-state index is 0.386. The summed E-state index contributed by atoms with van der Waals surface area (Å²) in [6.07, 6.45) is 6.05. The van der Waals surface area contributed by atoms with Gasteiger partial charge in [0, 0.05) is 23.4 Å². The molecule has 1 nitrogen and oxygen atoms in total. The van der Waals surface area contributed by atoms with Gasteiger partial charge in [0.2, 0.25) is 0 Å². The molecule has 0 saturated heterocycles. The number of rotatable bonds is 4. The van der Waals surface area contributed by atoms with E-state index in [1.54, 1.807) is 11.3 Å². The van der Waals surface area contributed by atoms with Gasteiger partial charge < -0.3 is 5.32 Å². The van der Waals surface area contributed by atoms with Crippen molar-refractivity contribution in [2.75, 3.05) is 0 Å². The van der Waals surface area contributed by atoms with Crippen LogP contribution in [0.25, 0.3) is 0 Å². The van der Waals surface area contributed by atoms with Crippen LogP contribution in [0.3, 0.4) is 0 Å². The molecular formula is C12H17NS. The summed E-state index contributed by atoms with van der Waals surface area (Å²) in [5.41, 5.74) is 1.36. The highest BCUT2D eigenvalue weighted by Crippen LogP contribution is 2.23. The molecule has 1 rings (SSSR count). The van der Waals surface area contributed by atoms with Crippen LogP contribution < -0.4 is 5.32 Å². The molecule has 0 spiro atoms. The summed E-state index contributed by atoms with van der Waals surface area (Å²) in [5, 5.41) is 5.63.